The van der Waals surface area contributed by atoms with Crippen LogP contribution in [0.2, 0.25) is 0 Å². The summed E-state index contributed by atoms with van der Waals surface area (Å²) in [5, 5.41) is 14.9. The number of hydrogen-bond donors (Lipinski definition) is 3. The average molecular weight is 538 g/mol. The van der Waals surface area contributed by atoms with Crippen LogP contribution in [0.1, 0.15) is 51.4 Å². The topological polar surface area (TPSA) is 118 Å². The minimum atomic E-state index is -1.27. The quantitative estimate of drug-likeness (QED) is 0.316. The van der Waals surface area contributed by atoms with E-state index in [2.05, 4.69) is 5.32 Å². The van der Waals surface area contributed by atoms with E-state index in [0.717, 1.165) is 29.7 Å². The van der Waals surface area contributed by atoms with Crippen LogP contribution in [0.4, 0.5) is 0 Å². The summed E-state index contributed by atoms with van der Waals surface area (Å²) in [7, 11) is 1.62. The van der Waals surface area contributed by atoms with Crippen molar-refractivity contribution in [2.75, 3.05) is 26.7 Å². The number of aliphatic hydroxyl groups excluding tert-OH is 1. The number of carbonyl (C=O) groups is 2. The van der Waals surface area contributed by atoms with Crippen molar-refractivity contribution in [1.29, 1.82) is 0 Å². The molecule has 0 radical (unpaired) electrons. The van der Waals surface area contributed by atoms with Gasteiger partial charge in [-0.2, -0.15) is 0 Å². The molecule has 0 fully saturated rings. The van der Waals surface area contributed by atoms with E-state index in [1.807, 2.05) is 68.2 Å². The van der Waals surface area contributed by atoms with E-state index in [4.69, 9.17) is 14.9 Å². The van der Waals surface area contributed by atoms with Gasteiger partial charge < -0.3 is 30.2 Å². The fourth-order valence-electron chi connectivity index (χ4n) is 5.51. The van der Waals surface area contributed by atoms with Crippen LogP contribution >= 0.6 is 0 Å². The summed E-state index contributed by atoms with van der Waals surface area (Å²) in [4.78, 5) is 28.7. The number of ether oxygens (including phenoxy) is 1. The van der Waals surface area contributed by atoms with E-state index in [1.165, 1.54) is 0 Å². The third kappa shape index (κ3) is 7.61. The number of rotatable bonds is 15. The number of benzene rings is 1. The van der Waals surface area contributed by atoms with Gasteiger partial charge in [0.25, 0.3) is 0 Å². The monoisotopic (exact) mass is 537 g/mol. The number of methoxy groups -OCH3 is 1. The number of furan rings is 1. The lowest BCUT2D eigenvalue weighted by Crippen LogP contribution is -2.51. The number of aliphatic hydroxyl groups is 1. The molecule has 0 bridgehead atoms. The van der Waals surface area contributed by atoms with Gasteiger partial charge in [-0.1, -0.05) is 43.7 Å². The number of hydrogen-bond acceptors (Lipinski definition) is 6. The number of primary amides is 1. The van der Waals surface area contributed by atoms with Gasteiger partial charge in [-0.25, -0.2) is 0 Å². The van der Waals surface area contributed by atoms with E-state index >= 15 is 0 Å². The predicted molar refractivity (Wildman–Crippen MR) is 152 cm³/mol. The summed E-state index contributed by atoms with van der Waals surface area (Å²) in [5.74, 6) is 0.112. The fourth-order valence-corrected chi connectivity index (χ4v) is 5.51. The first-order valence-corrected chi connectivity index (χ1v) is 13.8. The lowest BCUT2D eigenvalue weighted by atomic mass is 9.63. The molecule has 2 amide bonds. The van der Waals surface area contributed by atoms with Crippen molar-refractivity contribution in [2.45, 2.75) is 59.1 Å². The van der Waals surface area contributed by atoms with Crippen LogP contribution in [0.5, 0.6) is 5.75 Å². The third-order valence-electron chi connectivity index (χ3n) is 7.32. The highest BCUT2D eigenvalue weighted by Gasteiger charge is 2.48. The van der Waals surface area contributed by atoms with Crippen molar-refractivity contribution < 1.29 is 23.8 Å². The molecule has 3 rings (SSSR count). The molecule has 1 unspecified atom stereocenters. The number of allylic oxidation sites excluding steroid dienone is 2. The summed E-state index contributed by atoms with van der Waals surface area (Å²) >= 11 is 0. The third-order valence-corrected chi connectivity index (χ3v) is 7.32. The lowest BCUT2D eigenvalue weighted by Gasteiger charge is -2.41. The Kier molecular flexibility index (Phi) is 10.9. The summed E-state index contributed by atoms with van der Waals surface area (Å²) in [6.45, 7) is 7.95. The normalized spacial score (nSPS) is 18.6. The van der Waals surface area contributed by atoms with Crippen LogP contribution in [0.15, 0.2) is 70.4 Å². The van der Waals surface area contributed by atoms with Gasteiger partial charge >= 0.3 is 0 Å². The number of nitrogens with zero attached hydrogens (tertiary/aromatic N) is 1. The molecule has 3 atom stereocenters. The molecule has 1 aliphatic carbocycles. The molecule has 4 N–H and O–H groups in total. The van der Waals surface area contributed by atoms with Gasteiger partial charge in [0, 0.05) is 44.1 Å². The van der Waals surface area contributed by atoms with Crippen molar-refractivity contribution in [1.82, 2.24) is 10.2 Å². The van der Waals surface area contributed by atoms with Crippen molar-refractivity contribution in [2.24, 2.45) is 17.1 Å². The average Bonchev–Trinajstić information content (AvgIpc) is 3.44. The first-order chi connectivity index (χ1) is 18.7. The summed E-state index contributed by atoms with van der Waals surface area (Å²) in [6, 6.07) is 11.3. The Hall–Kier alpha value is -3.36. The van der Waals surface area contributed by atoms with Crippen molar-refractivity contribution in [3.05, 3.63) is 77.3 Å². The van der Waals surface area contributed by atoms with E-state index in [0.29, 0.717) is 31.0 Å². The van der Waals surface area contributed by atoms with Gasteiger partial charge in [0.15, 0.2) is 0 Å². The number of carbonyl (C=O) groups excluding carboxylic acids is 2. The highest BCUT2D eigenvalue weighted by atomic mass is 16.5. The predicted octanol–water partition coefficient (Wildman–Crippen LogP) is 3.99. The molecule has 8 nitrogen and oxygen atoms in total. The van der Waals surface area contributed by atoms with Gasteiger partial charge in [-0.05, 0) is 56.0 Å². The standard InChI is InChI=1S/C31H43N3O5/c1-5-12-34(13-6-2)29(36)24-15-22(3)18-31(19-24,30(32)37)27(17-26-11-8-14-39-26)28(35)21-33-20-23-9-7-10-25(16-23)38-4/h7-11,14-16,18,27-28,33,35H,5-6,12-13,17,19-21H2,1-4H3,(H2,32,37)/t27-,28+,31?/m1/s1. The molecule has 0 saturated heterocycles. The van der Waals surface area contributed by atoms with Crippen molar-refractivity contribution in [3.8, 4) is 5.75 Å². The molecule has 0 spiro atoms. The molecule has 1 aromatic heterocycles. The SMILES string of the molecule is CCCN(CCC)C(=O)C1=CC(C)=CC(C(N)=O)([C@H](Cc2ccco2)[C@@H](O)CNCc2cccc(OC)c2)C1. The number of nitrogens with two attached hydrogens (primary N) is 1. The van der Waals surface area contributed by atoms with Crippen molar-refractivity contribution >= 4 is 11.8 Å². The molecule has 0 aliphatic heterocycles. The van der Waals surface area contributed by atoms with Crippen LogP contribution in [0.3, 0.4) is 0 Å². The molecule has 1 aromatic carbocycles. The van der Waals surface area contributed by atoms with Crippen LogP contribution in [0, 0.1) is 11.3 Å². The minimum Gasteiger partial charge on any atom is -0.497 e. The summed E-state index contributed by atoms with van der Waals surface area (Å²) < 4.78 is 10.9. The Bertz CT molecular complexity index is 1150. The van der Waals surface area contributed by atoms with E-state index in [1.54, 1.807) is 19.4 Å². The number of nitrogens with one attached hydrogen (secondary N) is 1. The Morgan fingerprint density at radius 3 is 2.56 bits per heavy atom. The van der Waals surface area contributed by atoms with Crippen LogP contribution in [-0.4, -0.2) is 54.7 Å². The smallest absolute Gasteiger partial charge is 0.249 e. The maximum atomic E-state index is 13.6. The largest absolute Gasteiger partial charge is 0.497 e. The van der Waals surface area contributed by atoms with Gasteiger partial charge in [-0.15, -0.1) is 0 Å². The molecule has 39 heavy (non-hydrogen) atoms. The lowest BCUT2D eigenvalue weighted by molar-refractivity contribution is -0.132. The molecule has 8 heteroatoms. The molecular formula is C31H43N3O5. The van der Waals surface area contributed by atoms with Crippen molar-refractivity contribution in [3.63, 3.8) is 0 Å². The minimum absolute atomic E-state index is 0.0841. The van der Waals surface area contributed by atoms with E-state index in [-0.39, 0.29) is 25.3 Å². The zero-order valence-corrected chi connectivity index (χ0v) is 23.6. The molecular weight excluding hydrogens is 494 g/mol. The van der Waals surface area contributed by atoms with E-state index < -0.39 is 23.3 Å². The maximum Gasteiger partial charge on any atom is 0.249 e. The first kappa shape index (κ1) is 30.2. The van der Waals surface area contributed by atoms with Gasteiger partial charge in [0.1, 0.15) is 11.5 Å². The second kappa shape index (κ2) is 14.1. The fraction of sp³-hybridized carbons (Fsp3) is 0.484. The van der Waals surface area contributed by atoms with Crippen LogP contribution in [-0.2, 0) is 22.6 Å². The summed E-state index contributed by atoms with van der Waals surface area (Å²) in [6.07, 6.45) is 6.39. The molecule has 1 aliphatic rings. The second-order valence-electron chi connectivity index (χ2n) is 10.4. The highest BCUT2D eigenvalue weighted by Crippen LogP contribution is 2.44. The summed E-state index contributed by atoms with van der Waals surface area (Å²) in [5.41, 5.74) is 7.18. The zero-order valence-electron chi connectivity index (χ0n) is 23.6. The number of amides is 2. The van der Waals surface area contributed by atoms with E-state index in [9.17, 15) is 14.7 Å². The second-order valence-corrected chi connectivity index (χ2v) is 10.4. The highest BCUT2D eigenvalue weighted by molar-refractivity contribution is 5.96. The van der Waals surface area contributed by atoms with Gasteiger partial charge in [-0.3, -0.25) is 9.59 Å². The van der Waals surface area contributed by atoms with Gasteiger partial charge in [0.05, 0.1) is 24.9 Å². The Morgan fingerprint density at radius 1 is 1.21 bits per heavy atom. The van der Waals surface area contributed by atoms with Crippen LogP contribution in [0.25, 0.3) is 0 Å². The van der Waals surface area contributed by atoms with Crippen LogP contribution < -0.4 is 15.8 Å². The zero-order chi connectivity index (χ0) is 28.4. The molecule has 2 aromatic rings. The van der Waals surface area contributed by atoms with Gasteiger partial charge in [0.2, 0.25) is 11.8 Å². The Morgan fingerprint density at radius 2 is 1.95 bits per heavy atom. The molecule has 1 heterocycles. The molecule has 212 valence electrons. The molecule has 0 saturated carbocycles. The maximum absolute atomic E-state index is 13.6. The Balaban J connectivity index is 1.89. The first-order valence-electron chi connectivity index (χ1n) is 13.8. The Labute approximate surface area is 231 Å².